The summed E-state index contributed by atoms with van der Waals surface area (Å²) in [7, 11) is 2.66. The predicted octanol–water partition coefficient (Wildman–Crippen LogP) is 18.6. The van der Waals surface area contributed by atoms with Gasteiger partial charge < -0.3 is 58.8 Å². The molecule has 0 amide bonds. The second-order valence-electron chi connectivity index (χ2n) is 26.8. The molecule has 28 heteroatoms. The van der Waals surface area contributed by atoms with E-state index in [0.29, 0.717) is 114 Å². The van der Waals surface area contributed by atoms with E-state index in [0.717, 1.165) is 70.0 Å². The number of ether oxygens (including phenoxy) is 2. The summed E-state index contributed by atoms with van der Waals surface area (Å²) in [5.41, 5.74) is 7.85. The van der Waals surface area contributed by atoms with Gasteiger partial charge >= 0.3 is 47.3 Å². The van der Waals surface area contributed by atoms with Crippen molar-refractivity contribution in [2.24, 2.45) is 0 Å². The molecular weight excluding hydrogens is 1540 g/mol. The Morgan fingerprint density at radius 2 is 0.702 bits per heavy atom. The van der Waals surface area contributed by atoms with Crippen LogP contribution in [0.1, 0.15) is 51.3 Å². The van der Waals surface area contributed by atoms with E-state index in [1.165, 1.54) is 44.9 Å². The number of hydrogen-bond acceptors (Lipinski definition) is 17. The number of piperazine rings is 3. The van der Waals surface area contributed by atoms with E-state index in [1.807, 2.05) is 64.5 Å². The number of carbonyl (C=O) groups excluding carboxylic acids is 2. The quantitative estimate of drug-likeness (QED) is 0.0527. The van der Waals surface area contributed by atoms with E-state index in [2.05, 4.69) is 82.1 Å². The average Bonchev–Trinajstić information content (AvgIpc) is 0.760. The first-order valence-corrected chi connectivity index (χ1v) is 36.0. The minimum absolute atomic E-state index is 0. The number of halogens is 7. The van der Waals surface area contributed by atoms with Gasteiger partial charge in [-0.2, -0.15) is 26.3 Å². The third kappa shape index (κ3) is 18.4. The van der Waals surface area contributed by atoms with E-state index in [1.54, 1.807) is 127 Å². The molecule has 0 spiro atoms. The molecule has 0 saturated carbocycles. The van der Waals surface area contributed by atoms with Crippen LogP contribution in [0.2, 0.25) is 0 Å². The summed E-state index contributed by atoms with van der Waals surface area (Å²) < 4.78 is 97.5. The Hall–Kier alpha value is -12.0. The molecular formula is C86H76BrF6MgN15O5. The fourth-order valence-corrected chi connectivity index (χ4v) is 14.5. The Bertz CT molecular complexity index is 5550. The number of aromatic nitrogens is 6. The number of methoxy groups -OCH3 is 2. The van der Waals surface area contributed by atoms with Gasteiger partial charge in [0.05, 0.1) is 118 Å². The Kier molecular flexibility index (Phi) is 26.8. The van der Waals surface area contributed by atoms with Crippen molar-refractivity contribution in [3.63, 3.8) is 0 Å². The zero-order valence-electron chi connectivity index (χ0n) is 63.2. The molecule has 3 aliphatic heterocycles. The number of pyridine rings is 6. The molecule has 15 rings (SSSR count). The zero-order valence-corrected chi connectivity index (χ0v) is 66.2. The van der Waals surface area contributed by atoms with Gasteiger partial charge in [0, 0.05) is 136 Å². The molecule has 0 unspecified atom stereocenters. The Labute approximate surface area is 681 Å². The maximum absolute atomic E-state index is 14.5. The molecule has 0 radical (unpaired) electrons. The van der Waals surface area contributed by atoms with Crippen LogP contribution in [-0.2, 0) is 27.4 Å². The molecule has 6 aromatic carbocycles. The summed E-state index contributed by atoms with van der Waals surface area (Å²) in [4.78, 5) is 72.5. The molecule has 0 atom stereocenters. The first-order chi connectivity index (χ1) is 53.4. The van der Waals surface area contributed by atoms with Crippen LogP contribution in [-0.4, -0.2) is 163 Å². The maximum Gasteiger partial charge on any atom is 2.00 e. The molecule has 6 aromatic heterocycles. The number of alkyl halides is 6. The summed E-state index contributed by atoms with van der Waals surface area (Å²) in [6, 6.07) is 47.4. The number of esters is 2. The van der Waals surface area contributed by atoms with Crippen LogP contribution in [0.15, 0.2) is 205 Å². The van der Waals surface area contributed by atoms with Crippen LogP contribution in [0.25, 0.3) is 80.6 Å². The smallest absolute Gasteiger partial charge is 0.465 e. The number of benzene rings is 6. The fraction of sp³-hybridized carbons (Fsp3) is 0.221. The summed E-state index contributed by atoms with van der Waals surface area (Å²) in [6.07, 6.45) is 0.0151. The zero-order chi connectivity index (χ0) is 78.3. The van der Waals surface area contributed by atoms with Crippen LogP contribution in [0.3, 0.4) is 0 Å². The van der Waals surface area contributed by atoms with Crippen molar-refractivity contribution in [1.29, 1.82) is 0 Å². The summed E-state index contributed by atoms with van der Waals surface area (Å²) in [5, 5.41) is 11.3. The summed E-state index contributed by atoms with van der Waals surface area (Å²) >= 11 is 3.84. The largest absolute Gasteiger partial charge is 2.00 e. The third-order valence-electron chi connectivity index (χ3n) is 19.7. The molecule has 1 N–H and O–H groups in total. The first-order valence-electron chi connectivity index (χ1n) is 35.2. The molecule has 3 aliphatic rings. The van der Waals surface area contributed by atoms with Gasteiger partial charge in [-0.1, -0.05) is 133 Å². The number of fused-ring (bicyclic) bond motifs is 3. The number of aliphatic hydroxyl groups is 1. The van der Waals surface area contributed by atoms with Gasteiger partial charge in [-0.3, -0.25) is 15.0 Å². The van der Waals surface area contributed by atoms with Crippen molar-refractivity contribution in [2.75, 3.05) is 122 Å². The topological polar surface area (TPSA) is 183 Å². The average molecular weight is 1620 g/mol. The molecule has 3 saturated heterocycles. The summed E-state index contributed by atoms with van der Waals surface area (Å²) in [5.74, 6) is 1.34. The van der Waals surface area contributed by atoms with Crippen molar-refractivity contribution in [3.05, 3.63) is 282 Å². The van der Waals surface area contributed by atoms with Crippen molar-refractivity contribution in [3.8, 4) is 33.4 Å². The number of hydrogen-bond donors (Lipinski definition) is 1. The molecule has 12 aromatic rings. The Morgan fingerprint density at radius 1 is 0.404 bits per heavy atom. The normalized spacial score (nSPS) is 13.6. The monoisotopic (exact) mass is 1620 g/mol. The molecule has 576 valence electrons. The predicted molar refractivity (Wildman–Crippen MR) is 441 cm³/mol. The number of anilines is 6. The second-order valence-corrected chi connectivity index (χ2v) is 27.5. The van der Waals surface area contributed by atoms with E-state index >= 15 is 0 Å². The Morgan fingerprint density at radius 3 is 0.991 bits per heavy atom. The van der Waals surface area contributed by atoms with Gasteiger partial charge in [0.25, 0.3) is 0 Å². The van der Waals surface area contributed by atoms with Crippen LogP contribution in [0.5, 0.6) is 0 Å². The second kappa shape index (κ2) is 36.2. The SMILES string of the molecule is [C-]#[N+]c1ccc(-c2cccc3c(Br)c(N4CCN(c5ccc(C(=O)OC)cn5)CC4)cnc23)cc1.[C-]#[N+]c1ccc(-c2cccc3c(C(F)(F)F)c(N4CCN(c5ccc(C(=O)OC)cn5)CC4)cnc23)cc1.[C-]#[N+]c1ccc(-c2cccc3c(C(F)(F)F)c(N4CCN(c5ccc(C(C)(C)O)cn5)CC4)cnc23)cc1.[CH3-].[CH3-].[Mg+2]. The molecule has 0 aliphatic carbocycles. The number of carbonyl (C=O) groups is 2. The van der Waals surface area contributed by atoms with Crippen molar-refractivity contribution >= 4 is 135 Å². The van der Waals surface area contributed by atoms with E-state index in [-0.39, 0.29) is 77.1 Å². The maximum atomic E-state index is 14.5. The van der Waals surface area contributed by atoms with Crippen LogP contribution in [0, 0.1) is 34.6 Å². The Balaban J connectivity index is 0.000000179. The molecule has 3 fully saturated rings. The molecule has 0 bridgehead atoms. The molecule has 20 nitrogen and oxygen atoms in total. The molecule has 9 heterocycles. The van der Waals surface area contributed by atoms with Gasteiger partial charge in [0.1, 0.15) is 17.5 Å². The van der Waals surface area contributed by atoms with Crippen LogP contribution >= 0.6 is 15.9 Å². The van der Waals surface area contributed by atoms with E-state index in [4.69, 9.17) is 29.4 Å². The number of rotatable bonds is 12. The van der Waals surface area contributed by atoms with Gasteiger partial charge in [-0.25, -0.2) is 39.1 Å². The van der Waals surface area contributed by atoms with Gasteiger partial charge in [-0.15, -0.1) is 0 Å². The minimum Gasteiger partial charge on any atom is -0.465 e. The van der Waals surface area contributed by atoms with Gasteiger partial charge in [0.15, 0.2) is 17.1 Å². The van der Waals surface area contributed by atoms with Gasteiger partial charge in [-0.05, 0) is 76.8 Å². The number of para-hydroxylation sites is 3. The third-order valence-corrected chi connectivity index (χ3v) is 20.5. The fourth-order valence-electron chi connectivity index (χ4n) is 13.8. The van der Waals surface area contributed by atoms with Crippen LogP contribution < -0.4 is 29.4 Å². The van der Waals surface area contributed by atoms with E-state index < -0.39 is 35.0 Å². The molecule has 114 heavy (non-hydrogen) atoms. The van der Waals surface area contributed by atoms with Gasteiger partial charge in [0.2, 0.25) is 0 Å². The van der Waals surface area contributed by atoms with E-state index in [9.17, 15) is 41.0 Å². The minimum atomic E-state index is -4.59. The standard InChI is InChI=1S/C29H26F3N5O.C28H22F3N5O2.C27H22BrN5O2.2CH3.Mg/c1-28(2,38)20-9-12-25(34-17-20)37-15-13-36(14-16-37)24-18-35-27-22(19-7-10-21(33-3)11-8-19)5-4-6-23(27)26(24)29(30,31)32;1-32-20-9-6-18(7-10-20)21-4-3-5-22-25(28(29,30)31)23(17-34-26(21)22)35-12-14-36(15-13-35)24-11-8-19(16-33-24)27(37)38-2;1-29-20-9-6-18(7-10-20)21-4-3-5-22-25(28)23(17-31-26(21)22)32-12-14-33(15-13-32)24-11-8-19(16-30-24)27(34)35-2;;;/h4-12,17-18,38H,13-16H2,1-2H3;3-11,16-17H,12-15H2,2H3;3-11,16-17H,12-15H2,2H3;2*1H3;/q;;;2*-1;+2. The van der Waals surface area contributed by atoms with Crippen molar-refractivity contribution < 1.29 is 50.5 Å². The van der Waals surface area contributed by atoms with Crippen LogP contribution in [0.4, 0.5) is 77.9 Å². The van der Waals surface area contributed by atoms with Crippen molar-refractivity contribution in [2.45, 2.75) is 31.8 Å². The number of nitrogens with zero attached hydrogens (tertiary/aromatic N) is 15. The summed E-state index contributed by atoms with van der Waals surface area (Å²) in [6.45, 7) is 31.4. The van der Waals surface area contributed by atoms with Crippen molar-refractivity contribution in [1.82, 2.24) is 29.9 Å². The first kappa shape index (κ1) is 84.4.